The summed E-state index contributed by atoms with van der Waals surface area (Å²) in [5.41, 5.74) is 1.64. The summed E-state index contributed by atoms with van der Waals surface area (Å²) in [5.74, 6) is 1.86. The molecular weight excluding hydrogens is 386 g/mol. The number of nitrogens with one attached hydrogen (secondary N) is 1. The molecule has 1 N–H and O–H groups in total. The summed E-state index contributed by atoms with van der Waals surface area (Å²) < 4.78 is 0. The average Bonchev–Trinajstić information content (AvgIpc) is 3.35. The number of hydrogen-bond acceptors (Lipinski definition) is 8. The van der Waals surface area contributed by atoms with E-state index in [1.54, 1.807) is 42.1 Å². The van der Waals surface area contributed by atoms with Gasteiger partial charge < -0.3 is 10.2 Å². The lowest BCUT2D eigenvalue weighted by Crippen LogP contribution is -2.29. The van der Waals surface area contributed by atoms with Crippen molar-refractivity contribution in [3.8, 4) is 0 Å². The smallest absolute Gasteiger partial charge is 0.247 e. The number of hydrogen-bond donors (Lipinski definition) is 1. The molecule has 8 nitrogen and oxygen atoms in total. The first kappa shape index (κ1) is 19.1. The molecule has 1 unspecified atom stereocenters. The van der Waals surface area contributed by atoms with Crippen LogP contribution in [0.4, 0.5) is 11.6 Å². The van der Waals surface area contributed by atoms with Crippen molar-refractivity contribution >= 4 is 35.0 Å². The van der Waals surface area contributed by atoms with Crippen LogP contribution in [0.25, 0.3) is 6.08 Å². The van der Waals surface area contributed by atoms with Crippen LogP contribution in [0.2, 0.25) is 0 Å². The van der Waals surface area contributed by atoms with E-state index in [9.17, 15) is 4.79 Å². The maximum Gasteiger partial charge on any atom is 0.247 e. The van der Waals surface area contributed by atoms with E-state index in [2.05, 4.69) is 30.2 Å². The molecule has 4 heterocycles. The highest BCUT2D eigenvalue weighted by Gasteiger charge is 2.30. The number of carbonyl (C=O) groups excluding carboxylic acids is 1. The van der Waals surface area contributed by atoms with E-state index in [0.29, 0.717) is 24.0 Å². The van der Waals surface area contributed by atoms with Crippen LogP contribution in [-0.2, 0) is 4.79 Å². The predicted octanol–water partition coefficient (Wildman–Crippen LogP) is 3.46. The zero-order valence-electron chi connectivity index (χ0n) is 16.2. The number of thiazole rings is 1. The molecule has 29 heavy (non-hydrogen) atoms. The summed E-state index contributed by atoms with van der Waals surface area (Å²) in [6.45, 7) is 4.50. The zero-order valence-corrected chi connectivity index (χ0v) is 17.1. The van der Waals surface area contributed by atoms with Crippen LogP contribution in [0, 0.1) is 13.8 Å². The topological polar surface area (TPSA) is 96.8 Å². The monoisotopic (exact) mass is 407 g/mol. The minimum absolute atomic E-state index is 0.0298. The van der Waals surface area contributed by atoms with Crippen LogP contribution in [0.3, 0.4) is 0 Å². The molecule has 1 saturated heterocycles. The second-order valence-electron chi connectivity index (χ2n) is 6.76. The van der Waals surface area contributed by atoms with Gasteiger partial charge in [0, 0.05) is 36.5 Å². The van der Waals surface area contributed by atoms with Crippen molar-refractivity contribution in [2.24, 2.45) is 0 Å². The molecule has 3 aromatic heterocycles. The molecule has 4 rings (SSSR count). The third kappa shape index (κ3) is 4.62. The van der Waals surface area contributed by atoms with Crippen LogP contribution in [0.5, 0.6) is 0 Å². The zero-order chi connectivity index (χ0) is 20.2. The minimum Gasteiger partial charge on any atom is -0.331 e. The molecule has 1 amide bonds. The molecule has 148 valence electrons. The Morgan fingerprint density at radius 1 is 1.24 bits per heavy atom. The third-order valence-electron chi connectivity index (χ3n) is 4.59. The predicted molar refractivity (Wildman–Crippen MR) is 112 cm³/mol. The second kappa shape index (κ2) is 8.44. The fraction of sp³-hybridized carbons (Fsp3) is 0.300. The van der Waals surface area contributed by atoms with E-state index >= 15 is 0 Å². The molecule has 0 spiro atoms. The summed E-state index contributed by atoms with van der Waals surface area (Å²) >= 11 is 1.57. The quantitative estimate of drug-likeness (QED) is 0.647. The van der Waals surface area contributed by atoms with Gasteiger partial charge in [0.1, 0.15) is 17.5 Å². The van der Waals surface area contributed by atoms with E-state index in [1.165, 1.54) is 0 Å². The number of carbonyl (C=O) groups is 1. The normalized spacial score (nSPS) is 16.5. The highest BCUT2D eigenvalue weighted by Crippen LogP contribution is 2.32. The molecule has 1 aliphatic heterocycles. The van der Waals surface area contributed by atoms with Crippen molar-refractivity contribution in [1.29, 1.82) is 0 Å². The third-order valence-corrected chi connectivity index (χ3v) is 5.38. The van der Waals surface area contributed by atoms with Crippen molar-refractivity contribution in [2.45, 2.75) is 32.7 Å². The Morgan fingerprint density at radius 2 is 2.14 bits per heavy atom. The molecule has 0 saturated carbocycles. The number of aryl methyl sites for hydroxylation is 2. The van der Waals surface area contributed by atoms with Gasteiger partial charge in [-0.15, -0.1) is 11.3 Å². The van der Waals surface area contributed by atoms with Gasteiger partial charge >= 0.3 is 0 Å². The first-order valence-electron chi connectivity index (χ1n) is 9.38. The van der Waals surface area contributed by atoms with Crippen molar-refractivity contribution in [3.05, 3.63) is 58.3 Å². The second-order valence-corrected chi connectivity index (χ2v) is 7.82. The Kier molecular flexibility index (Phi) is 5.57. The summed E-state index contributed by atoms with van der Waals surface area (Å²) in [4.78, 5) is 36.3. The standard InChI is InChI=1S/C20H21N7OS/c1-13-23-16(10-18(24-13)26-19-11-21-7-8-22-19)17-4-3-9-27(17)20(28)6-5-15-12-29-14(2)25-15/h5-8,10-12,17H,3-4,9H2,1-2H3,(H,22,23,24,26)/b6-5+. The molecule has 0 radical (unpaired) electrons. The van der Waals surface area contributed by atoms with Gasteiger partial charge in [-0.25, -0.2) is 19.9 Å². The van der Waals surface area contributed by atoms with E-state index in [4.69, 9.17) is 0 Å². The fourth-order valence-electron chi connectivity index (χ4n) is 3.37. The molecule has 3 aromatic rings. The van der Waals surface area contributed by atoms with Crippen LogP contribution in [0.1, 0.15) is 41.1 Å². The van der Waals surface area contributed by atoms with Crippen molar-refractivity contribution < 1.29 is 4.79 Å². The SMILES string of the molecule is Cc1nc(Nc2cnccn2)cc(C2CCCN2C(=O)/C=C/c2csc(C)n2)n1. The van der Waals surface area contributed by atoms with E-state index < -0.39 is 0 Å². The summed E-state index contributed by atoms with van der Waals surface area (Å²) in [7, 11) is 0. The number of amides is 1. The molecule has 0 aliphatic carbocycles. The Balaban J connectivity index is 1.53. The molecule has 9 heteroatoms. The Hall–Kier alpha value is -3.20. The summed E-state index contributed by atoms with van der Waals surface area (Å²) in [5, 5.41) is 6.08. The first-order valence-corrected chi connectivity index (χ1v) is 10.3. The molecule has 1 fully saturated rings. The molecule has 0 bridgehead atoms. The number of likely N-dealkylation sites (tertiary alicyclic amines) is 1. The summed E-state index contributed by atoms with van der Waals surface area (Å²) in [6, 6.07) is 1.80. The lowest BCUT2D eigenvalue weighted by molar-refractivity contribution is -0.126. The largest absolute Gasteiger partial charge is 0.331 e. The highest BCUT2D eigenvalue weighted by molar-refractivity contribution is 7.09. The van der Waals surface area contributed by atoms with Crippen molar-refractivity contribution in [2.75, 3.05) is 11.9 Å². The van der Waals surface area contributed by atoms with Crippen LogP contribution in [-0.4, -0.2) is 42.3 Å². The minimum atomic E-state index is -0.0755. The van der Waals surface area contributed by atoms with Crippen LogP contribution < -0.4 is 5.32 Å². The average molecular weight is 408 g/mol. The van der Waals surface area contributed by atoms with Gasteiger partial charge in [0.05, 0.1) is 28.6 Å². The highest BCUT2D eigenvalue weighted by atomic mass is 32.1. The molecule has 0 aromatic carbocycles. The van der Waals surface area contributed by atoms with Crippen molar-refractivity contribution in [3.63, 3.8) is 0 Å². The Labute approximate surface area is 172 Å². The number of rotatable bonds is 5. The van der Waals surface area contributed by atoms with Gasteiger partial charge in [0.25, 0.3) is 0 Å². The van der Waals surface area contributed by atoms with Gasteiger partial charge in [0.15, 0.2) is 0 Å². The molecule has 1 atom stereocenters. The Morgan fingerprint density at radius 3 is 2.90 bits per heavy atom. The van der Waals surface area contributed by atoms with Gasteiger partial charge in [-0.05, 0) is 32.8 Å². The van der Waals surface area contributed by atoms with Gasteiger partial charge in [-0.3, -0.25) is 9.78 Å². The fourth-order valence-corrected chi connectivity index (χ4v) is 3.95. The van der Waals surface area contributed by atoms with E-state index in [1.807, 2.05) is 30.2 Å². The maximum atomic E-state index is 12.8. The molecular formula is C20H21N7OS. The van der Waals surface area contributed by atoms with Crippen molar-refractivity contribution in [1.82, 2.24) is 29.8 Å². The van der Waals surface area contributed by atoms with E-state index in [-0.39, 0.29) is 11.9 Å². The number of nitrogens with zero attached hydrogens (tertiary/aromatic N) is 6. The number of aromatic nitrogens is 5. The lowest BCUT2D eigenvalue weighted by atomic mass is 10.1. The summed E-state index contributed by atoms with van der Waals surface area (Å²) in [6.07, 6.45) is 10.0. The number of anilines is 2. The van der Waals surface area contributed by atoms with Gasteiger partial charge in [0.2, 0.25) is 5.91 Å². The van der Waals surface area contributed by atoms with Crippen LogP contribution in [0.15, 0.2) is 36.1 Å². The van der Waals surface area contributed by atoms with Gasteiger partial charge in [-0.2, -0.15) is 0 Å². The Bertz CT molecular complexity index is 1030. The van der Waals surface area contributed by atoms with E-state index in [0.717, 1.165) is 29.2 Å². The lowest BCUT2D eigenvalue weighted by Gasteiger charge is -2.23. The maximum absolute atomic E-state index is 12.8. The van der Waals surface area contributed by atoms with Gasteiger partial charge in [-0.1, -0.05) is 0 Å². The van der Waals surface area contributed by atoms with Crippen LogP contribution >= 0.6 is 11.3 Å². The molecule has 1 aliphatic rings. The first-order chi connectivity index (χ1) is 14.1.